The molecule has 410 valence electrons. The van der Waals surface area contributed by atoms with E-state index in [2.05, 4.69) is 31.3 Å². The third-order valence-corrected chi connectivity index (χ3v) is 14.8. The van der Waals surface area contributed by atoms with Crippen molar-refractivity contribution < 1.29 is 24.5 Å². The normalized spacial score (nSPS) is 12.6. The van der Waals surface area contributed by atoms with Gasteiger partial charge < -0.3 is 20.3 Å². The maximum absolute atomic E-state index is 12.5. The van der Waals surface area contributed by atoms with Gasteiger partial charge in [0.2, 0.25) is 5.91 Å². The summed E-state index contributed by atoms with van der Waals surface area (Å²) in [5.74, 6) is -0.0329. The number of nitrogens with one attached hydrogen (secondary N) is 1. The van der Waals surface area contributed by atoms with Gasteiger partial charge in [0.15, 0.2) is 0 Å². The zero-order valence-corrected chi connectivity index (χ0v) is 46.8. The Balaban J connectivity index is 3.43. The van der Waals surface area contributed by atoms with Crippen LogP contribution in [0.3, 0.4) is 0 Å². The molecule has 0 aromatic rings. The lowest BCUT2D eigenvalue weighted by Gasteiger charge is -2.22. The lowest BCUT2D eigenvalue weighted by Crippen LogP contribution is -2.45. The fraction of sp³-hybridized carbons (Fsp3) is 0.937. The van der Waals surface area contributed by atoms with Crippen molar-refractivity contribution in [2.45, 2.75) is 366 Å². The Morgan fingerprint density at radius 1 is 0.391 bits per heavy atom. The highest BCUT2D eigenvalue weighted by atomic mass is 16.5. The number of amides is 1. The zero-order chi connectivity index (χ0) is 50.0. The van der Waals surface area contributed by atoms with Crippen molar-refractivity contribution in [1.29, 1.82) is 0 Å². The Morgan fingerprint density at radius 3 is 1.03 bits per heavy atom. The Morgan fingerprint density at radius 2 is 0.681 bits per heavy atom. The molecule has 0 bridgehead atoms. The maximum Gasteiger partial charge on any atom is 0.305 e. The first kappa shape index (κ1) is 67.6. The van der Waals surface area contributed by atoms with Crippen LogP contribution in [0.4, 0.5) is 0 Å². The van der Waals surface area contributed by atoms with Crippen molar-refractivity contribution in [3.8, 4) is 0 Å². The van der Waals surface area contributed by atoms with Gasteiger partial charge in [0.1, 0.15) is 0 Å². The van der Waals surface area contributed by atoms with Gasteiger partial charge in [-0.2, -0.15) is 0 Å². The number of carbonyl (C=O) groups excluding carboxylic acids is 2. The third kappa shape index (κ3) is 55.8. The number of esters is 1. The second-order valence-electron chi connectivity index (χ2n) is 21.7. The molecule has 0 aliphatic rings. The van der Waals surface area contributed by atoms with E-state index < -0.39 is 12.1 Å². The summed E-state index contributed by atoms with van der Waals surface area (Å²) in [5.41, 5.74) is 0. The Kier molecular flexibility index (Phi) is 58.0. The lowest BCUT2D eigenvalue weighted by molar-refractivity contribution is -0.143. The summed E-state index contributed by atoms with van der Waals surface area (Å²) in [4.78, 5) is 24.5. The molecule has 0 rings (SSSR count). The predicted molar refractivity (Wildman–Crippen MR) is 301 cm³/mol. The van der Waals surface area contributed by atoms with E-state index in [1.54, 1.807) is 0 Å². The highest BCUT2D eigenvalue weighted by molar-refractivity contribution is 5.76. The van der Waals surface area contributed by atoms with E-state index in [9.17, 15) is 19.8 Å². The second-order valence-corrected chi connectivity index (χ2v) is 21.7. The van der Waals surface area contributed by atoms with E-state index >= 15 is 0 Å². The van der Waals surface area contributed by atoms with Crippen LogP contribution in [-0.4, -0.2) is 47.4 Å². The van der Waals surface area contributed by atoms with Gasteiger partial charge >= 0.3 is 5.97 Å². The molecule has 0 fully saturated rings. The Labute approximate surface area is 431 Å². The topological polar surface area (TPSA) is 95.9 Å². The van der Waals surface area contributed by atoms with Crippen LogP contribution in [0.25, 0.3) is 0 Å². The van der Waals surface area contributed by atoms with Gasteiger partial charge in [-0.25, -0.2) is 0 Å². The van der Waals surface area contributed by atoms with Crippen molar-refractivity contribution in [3.05, 3.63) is 12.2 Å². The molecule has 0 aliphatic carbocycles. The van der Waals surface area contributed by atoms with E-state index in [0.717, 1.165) is 38.5 Å². The number of ether oxygens (including phenoxy) is 1. The van der Waals surface area contributed by atoms with Gasteiger partial charge in [0, 0.05) is 12.8 Å². The molecule has 3 N–H and O–H groups in total. The number of hydrogen-bond acceptors (Lipinski definition) is 5. The highest BCUT2D eigenvalue weighted by Crippen LogP contribution is 2.18. The smallest absolute Gasteiger partial charge is 0.305 e. The van der Waals surface area contributed by atoms with E-state index in [4.69, 9.17) is 4.74 Å². The molecular weight excluding hydrogens is 851 g/mol. The van der Waals surface area contributed by atoms with Crippen LogP contribution in [-0.2, 0) is 14.3 Å². The van der Waals surface area contributed by atoms with Crippen molar-refractivity contribution >= 4 is 11.9 Å². The minimum absolute atomic E-state index is 0.00678. The number of carbonyl (C=O) groups is 2. The zero-order valence-electron chi connectivity index (χ0n) is 46.8. The number of unbranched alkanes of at least 4 members (excludes halogenated alkanes) is 46. The van der Waals surface area contributed by atoms with E-state index in [1.807, 2.05) is 0 Å². The third-order valence-electron chi connectivity index (χ3n) is 14.8. The van der Waals surface area contributed by atoms with Crippen molar-refractivity contribution in [3.63, 3.8) is 0 Å². The maximum atomic E-state index is 12.5. The number of hydrogen-bond donors (Lipinski definition) is 3. The van der Waals surface area contributed by atoms with Gasteiger partial charge in [-0.1, -0.05) is 302 Å². The van der Waals surface area contributed by atoms with Crippen LogP contribution < -0.4 is 5.32 Å². The van der Waals surface area contributed by atoms with Crippen molar-refractivity contribution in [2.75, 3.05) is 13.2 Å². The van der Waals surface area contributed by atoms with Crippen LogP contribution in [0.5, 0.6) is 0 Å². The van der Waals surface area contributed by atoms with Crippen LogP contribution in [0.15, 0.2) is 12.2 Å². The average molecular weight is 975 g/mol. The number of rotatable bonds is 59. The summed E-state index contributed by atoms with van der Waals surface area (Å²) in [5, 5.41) is 23.4. The molecule has 0 heterocycles. The summed E-state index contributed by atoms with van der Waals surface area (Å²) >= 11 is 0. The average Bonchev–Trinajstić information content (AvgIpc) is 3.35. The quantitative estimate of drug-likeness (QED) is 0.0321. The summed E-state index contributed by atoms with van der Waals surface area (Å²) in [7, 11) is 0. The molecule has 0 saturated heterocycles. The number of allylic oxidation sites excluding steroid dienone is 2. The Hall–Kier alpha value is -1.40. The minimum Gasteiger partial charge on any atom is -0.466 e. The molecule has 0 saturated carbocycles. The van der Waals surface area contributed by atoms with Gasteiger partial charge in [-0.15, -0.1) is 0 Å². The van der Waals surface area contributed by atoms with Gasteiger partial charge in [0.05, 0.1) is 25.4 Å². The molecule has 69 heavy (non-hydrogen) atoms. The van der Waals surface area contributed by atoms with E-state index in [0.29, 0.717) is 25.9 Å². The first-order valence-electron chi connectivity index (χ1n) is 31.4. The SMILES string of the molecule is CCCCCCCCCCCCCCCCCCCCCCCC(O)C(CO)NC(=O)CCCCCCCCC/C=C\CCCCCCCCCCCOC(=O)CCCCCCCCCCCCC. The summed E-state index contributed by atoms with van der Waals surface area (Å²) in [6, 6.07) is -0.548. The molecule has 6 nitrogen and oxygen atoms in total. The van der Waals surface area contributed by atoms with Crippen LogP contribution in [0.1, 0.15) is 354 Å². The highest BCUT2D eigenvalue weighted by Gasteiger charge is 2.20. The van der Waals surface area contributed by atoms with Crippen LogP contribution >= 0.6 is 0 Å². The summed E-state index contributed by atoms with van der Waals surface area (Å²) in [6.45, 7) is 4.97. The predicted octanol–water partition coefficient (Wildman–Crippen LogP) is 19.6. The van der Waals surface area contributed by atoms with Crippen LogP contribution in [0.2, 0.25) is 0 Å². The molecule has 2 atom stereocenters. The number of aliphatic hydroxyl groups excluding tert-OH is 2. The van der Waals surface area contributed by atoms with Crippen molar-refractivity contribution in [2.24, 2.45) is 0 Å². The molecular formula is C63H123NO5. The van der Waals surface area contributed by atoms with Gasteiger partial charge in [0.25, 0.3) is 0 Å². The summed E-state index contributed by atoms with van der Waals surface area (Å²) < 4.78 is 5.46. The van der Waals surface area contributed by atoms with Gasteiger partial charge in [-0.3, -0.25) is 9.59 Å². The van der Waals surface area contributed by atoms with Gasteiger partial charge in [-0.05, 0) is 51.4 Å². The Bertz CT molecular complexity index is 1030. The first-order chi connectivity index (χ1) is 34.0. The molecule has 0 aliphatic heterocycles. The second kappa shape index (κ2) is 59.2. The molecule has 2 unspecified atom stereocenters. The molecule has 0 spiro atoms. The molecule has 6 heteroatoms. The van der Waals surface area contributed by atoms with E-state index in [-0.39, 0.29) is 18.5 Å². The molecule has 1 amide bonds. The standard InChI is InChI=1S/C63H123NO5/c1-3-5-7-9-11-13-15-16-17-18-19-20-23-26-29-32-36-39-43-47-51-55-61(66)60(59-65)64-62(67)56-52-48-44-40-37-33-30-27-24-21-22-25-28-31-34-38-42-46-50-54-58-69-63(68)57-53-49-45-41-35-14-12-10-8-6-4-2/h21,24,60-61,65-66H,3-20,22-23,25-59H2,1-2H3,(H,64,67)/b24-21-. The fourth-order valence-corrected chi connectivity index (χ4v) is 9.99. The van der Waals surface area contributed by atoms with E-state index in [1.165, 1.54) is 283 Å². The van der Waals surface area contributed by atoms with Crippen LogP contribution in [0, 0.1) is 0 Å². The van der Waals surface area contributed by atoms with Crippen molar-refractivity contribution in [1.82, 2.24) is 5.32 Å². The fourth-order valence-electron chi connectivity index (χ4n) is 9.99. The molecule has 0 aromatic carbocycles. The molecule has 0 aromatic heterocycles. The minimum atomic E-state index is -0.670. The number of aliphatic hydroxyl groups is 2. The monoisotopic (exact) mass is 974 g/mol. The largest absolute Gasteiger partial charge is 0.466 e. The summed E-state index contributed by atoms with van der Waals surface area (Å²) in [6.07, 6.45) is 70.8. The lowest BCUT2D eigenvalue weighted by atomic mass is 10.0. The molecule has 0 radical (unpaired) electrons. The first-order valence-corrected chi connectivity index (χ1v) is 31.4.